The SMILES string of the molecule is CCCCN(C)c1ccc(C=CC(=O)O)cc1C. The van der Waals surface area contributed by atoms with Gasteiger partial charge in [-0.15, -0.1) is 0 Å². The van der Waals surface area contributed by atoms with Crippen molar-refractivity contribution in [1.82, 2.24) is 0 Å². The molecule has 0 spiro atoms. The molecular weight excluding hydrogens is 226 g/mol. The molecular formula is C15H21NO2. The summed E-state index contributed by atoms with van der Waals surface area (Å²) in [5.41, 5.74) is 3.29. The predicted octanol–water partition coefficient (Wildman–Crippen LogP) is 3.33. The second kappa shape index (κ2) is 6.84. The van der Waals surface area contributed by atoms with Crippen LogP contribution >= 0.6 is 0 Å². The molecule has 1 aromatic carbocycles. The zero-order chi connectivity index (χ0) is 13.5. The van der Waals surface area contributed by atoms with Gasteiger partial charge in [-0.05, 0) is 42.7 Å². The molecule has 0 radical (unpaired) electrons. The number of carboxylic acids is 1. The molecule has 18 heavy (non-hydrogen) atoms. The van der Waals surface area contributed by atoms with Crippen LogP contribution in [0.3, 0.4) is 0 Å². The molecule has 3 nitrogen and oxygen atoms in total. The highest BCUT2D eigenvalue weighted by Gasteiger charge is 2.04. The summed E-state index contributed by atoms with van der Waals surface area (Å²) in [6, 6.07) is 6.01. The Morgan fingerprint density at radius 2 is 2.17 bits per heavy atom. The van der Waals surface area contributed by atoms with E-state index in [0.29, 0.717) is 0 Å². The van der Waals surface area contributed by atoms with Crippen LogP contribution in [0, 0.1) is 6.92 Å². The third-order valence-corrected chi connectivity index (χ3v) is 2.90. The van der Waals surface area contributed by atoms with E-state index < -0.39 is 5.97 Å². The summed E-state index contributed by atoms with van der Waals surface area (Å²) >= 11 is 0. The first-order valence-corrected chi connectivity index (χ1v) is 6.27. The van der Waals surface area contributed by atoms with Gasteiger partial charge >= 0.3 is 5.97 Å². The highest BCUT2D eigenvalue weighted by molar-refractivity contribution is 5.85. The van der Waals surface area contributed by atoms with Gasteiger partial charge in [0.1, 0.15) is 0 Å². The summed E-state index contributed by atoms with van der Waals surface area (Å²) in [7, 11) is 2.09. The van der Waals surface area contributed by atoms with E-state index in [1.165, 1.54) is 24.1 Å². The van der Waals surface area contributed by atoms with Crippen LogP contribution in [0.15, 0.2) is 24.3 Å². The fourth-order valence-corrected chi connectivity index (χ4v) is 1.89. The van der Waals surface area contributed by atoms with Gasteiger partial charge in [0.05, 0.1) is 0 Å². The van der Waals surface area contributed by atoms with Gasteiger partial charge in [-0.25, -0.2) is 4.79 Å². The summed E-state index contributed by atoms with van der Waals surface area (Å²) in [5.74, 6) is -0.920. The van der Waals surface area contributed by atoms with Gasteiger partial charge < -0.3 is 10.0 Å². The lowest BCUT2D eigenvalue weighted by Crippen LogP contribution is -2.19. The maximum atomic E-state index is 10.5. The van der Waals surface area contributed by atoms with Crippen molar-refractivity contribution in [2.45, 2.75) is 26.7 Å². The standard InChI is InChI=1S/C15H21NO2/c1-4-5-10-16(3)14-8-6-13(11-12(14)2)7-9-15(17)18/h6-9,11H,4-5,10H2,1-3H3,(H,17,18). The van der Waals surface area contributed by atoms with Gasteiger partial charge in [0.15, 0.2) is 0 Å². The Morgan fingerprint density at radius 3 is 2.72 bits per heavy atom. The lowest BCUT2D eigenvalue weighted by atomic mass is 10.1. The van der Waals surface area contributed by atoms with E-state index in [-0.39, 0.29) is 0 Å². The number of hydrogen-bond donors (Lipinski definition) is 1. The number of aryl methyl sites for hydroxylation is 1. The third-order valence-electron chi connectivity index (χ3n) is 2.90. The van der Waals surface area contributed by atoms with Crippen molar-refractivity contribution in [3.05, 3.63) is 35.4 Å². The second-order valence-electron chi connectivity index (χ2n) is 4.49. The lowest BCUT2D eigenvalue weighted by molar-refractivity contribution is -0.131. The first kappa shape index (κ1) is 14.3. The van der Waals surface area contributed by atoms with Crippen molar-refractivity contribution in [2.24, 2.45) is 0 Å². The van der Waals surface area contributed by atoms with E-state index in [9.17, 15) is 4.79 Å². The fourth-order valence-electron chi connectivity index (χ4n) is 1.89. The molecule has 0 aliphatic rings. The minimum atomic E-state index is -0.920. The van der Waals surface area contributed by atoms with Gasteiger partial charge in [-0.2, -0.15) is 0 Å². The molecule has 0 fully saturated rings. The average molecular weight is 247 g/mol. The molecule has 0 aliphatic heterocycles. The first-order chi connectivity index (χ1) is 8.54. The van der Waals surface area contributed by atoms with Crippen molar-refractivity contribution in [2.75, 3.05) is 18.5 Å². The van der Waals surface area contributed by atoms with Crippen LogP contribution in [0.5, 0.6) is 0 Å². The molecule has 1 N–H and O–H groups in total. The zero-order valence-corrected chi connectivity index (χ0v) is 11.3. The Morgan fingerprint density at radius 1 is 1.44 bits per heavy atom. The molecule has 0 bridgehead atoms. The number of unbranched alkanes of at least 4 members (excludes halogenated alkanes) is 1. The molecule has 0 aromatic heterocycles. The zero-order valence-electron chi connectivity index (χ0n) is 11.3. The monoisotopic (exact) mass is 247 g/mol. The van der Waals surface area contributed by atoms with Crippen LogP contribution in [0.1, 0.15) is 30.9 Å². The number of carboxylic acid groups (broad SMARTS) is 1. The molecule has 0 amide bonds. The largest absolute Gasteiger partial charge is 0.478 e. The smallest absolute Gasteiger partial charge is 0.328 e. The van der Waals surface area contributed by atoms with E-state index in [2.05, 4.69) is 25.8 Å². The summed E-state index contributed by atoms with van der Waals surface area (Å²) in [4.78, 5) is 12.7. The number of carbonyl (C=O) groups is 1. The fraction of sp³-hybridized carbons (Fsp3) is 0.400. The summed E-state index contributed by atoms with van der Waals surface area (Å²) in [6.07, 6.45) is 5.14. The van der Waals surface area contributed by atoms with E-state index in [1.54, 1.807) is 6.08 Å². The Hall–Kier alpha value is -1.77. The normalized spacial score (nSPS) is 10.8. The van der Waals surface area contributed by atoms with E-state index in [1.807, 2.05) is 18.2 Å². The van der Waals surface area contributed by atoms with Gasteiger partial charge in [-0.1, -0.05) is 19.4 Å². The van der Waals surface area contributed by atoms with Crippen LogP contribution < -0.4 is 4.90 Å². The van der Waals surface area contributed by atoms with E-state index in [4.69, 9.17) is 5.11 Å². The number of rotatable bonds is 6. The number of aliphatic carboxylic acids is 1. The highest BCUT2D eigenvalue weighted by Crippen LogP contribution is 2.21. The Kier molecular flexibility index (Phi) is 5.43. The second-order valence-corrected chi connectivity index (χ2v) is 4.49. The molecule has 0 saturated heterocycles. The molecule has 98 valence electrons. The van der Waals surface area contributed by atoms with Crippen molar-refractivity contribution < 1.29 is 9.90 Å². The third kappa shape index (κ3) is 4.24. The van der Waals surface area contributed by atoms with E-state index >= 15 is 0 Å². The number of anilines is 1. The Balaban J connectivity index is 2.82. The van der Waals surface area contributed by atoms with Crippen LogP contribution in [0.25, 0.3) is 6.08 Å². The quantitative estimate of drug-likeness (QED) is 0.784. The molecule has 1 aromatic rings. The molecule has 0 atom stereocenters. The molecule has 0 heterocycles. The van der Waals surface area contributed by atoms with Gasteiger partial charge in [0.25, 0.3) is 0 Å². The molecule has 0 saturated carbocycles. The van der Waals surface area contributed by atoms with Crippen molar-refractivity contribution >= 4 is 17.7 Å². The van der Waals surface area contributed by atoms with Crippen molar-refractivity contribution in [3.63, 3.8) is 0 Å². The maximum Gasteiger partial charge on any atom is 0.328 e. The van der Waals surface area contributed by atoms with Crippen LogP contribution in [0.2, 0.25) is 0 Å². The lowest BCUT2D eigenvalue weighted by Gasteiger charge is -2.21. The highest BCUT2D eigenvalue weighted by atomic mass is 16.4. The van der Waals surface area contributed by atoms with Crippen LogP contribution in [0.4, 0.5) is 5.69 Å². The summed E-state index contributed by atoms with van der Waals surface area (Å²) in [6.45, 7) is 5.28. The first-order valence-electron chi connectivity index (χ1n) is 6.27. The predicted molar refractivity (Wildman–Crippen MR) is 76.0 cm³/mol. The van der Waals surface area contributed by atoms with Gasteiger partial charge in [-0.3, -0.25) is 0 Å². The van der Waals surface area contributed by atoms with Crippen molar-refractivity contribution in [3.8, 4) is 0 Å². The summed E-state index contributed by atoms with van der Waals surface area (Å²) in [5, 5.41) is 8.59. The minimum absolute atomic E-state index is 0.919. The maximum absolute atomic E-state index is 10.5. The van der Waals surface area contributed by atoms with Gasteiger partial charge in [0.2, 0.25) is 0 Å². The minimum Gasteiger partial charge on any atom is -0.478 e. The number of nitrogens with zero attached hydrogens (tertiary/aromatic N) is 1. The molecule has 3 heteroatoms. The number of benzene rings is 1. The van der Waals surface area contributed by atoms with Crippen LogP contribution in [-0.2, 0) is 4.79 Å². The van der Waals surface area contributed by atoms with Gasteiger partial charge in [0, 0.05) is 25.4 Å². The Bertz CT molecular complexity index is 438. The number of hydrogen-bond acceptors (Lipinski definition) is 2. The average Bonchev–Trinajstić information content (AvgIpc) is 2.33. The van der Waals surface area contributed by atoms with Crippen molar-refractivity contribution in [1.29, 1.82) is 0 Å². The molecule has 1 rings (SSSR count). The van der Waals surface area contributed by atoms with Crippen LogP contribution in [-0.4, -0.2) is 24.7 Å². The van der Waals surface area contributed by atoms with E-state index in [0.717, 1.165) is 18.2 Å². The molecule has 0 unspecified atom stereocenters. The molecule has 0 aliphatic carbocycles. The Labute approximate surface area is 109 Å². The summed E-state index contributed by atoms with van der Waals surface area (Å²) < 4.78 is 0. The topological polar surface area (TPSA) is 40.5 Å².